The quantitative estimate of drug-likeness (QED) is 0.893. The maximum atomic E-state index is 11.5. The van der Waals surface area contributed by atoms with E-state index in [9.17, 15) is 9.90 Å². The van der Waals surface area contributed by atoms with Crippen molar-refractivity contribution in [3.8, 4) is 0 Å². The fourth-order valence-electron chi connectivity index (χ4n) is 3.65. The lowest BCUT2D eigenvalue weighted by Crippen LogP contribution is -2.26. The van der Waals surface area contributed by atoms with E-state index in [0.29, 0.717) is 29.3 Å². The van der Waals surface area contributed by atoms with Crippen LogP contribution in [-0.4, -0.2) is 22.1 Å². The van der Waals surface area contributed by atoms with Crippen molar-refractivity contribution in [3.63, 3.8) is 0 Å². The fraction of sp³-hybridized carbons (Fsp3) is 0.647. The van der Waals surface area contributed by atoms with Gasteiger partial charge in [0, 0.05) is 11.7 Å². The number of fused-ring (bicyclic) bond motifs is 1. The van der Waals surface area contributed by atoms with Crippen LogP contribution in [0.4, 0.5) is 5.82 Å². The highest BCUT2D eigenvalue weighted by atomic mass is 16.4. The first-order valence-electron chi connectivity index (χ1n) is 8.09. The number of aromatic carboxylic acids is 1. The molecule has 1 aromatic rings. The summed E-state index contributed by atoms with van der Waals surface area (Å²) < 4.78 is 0. The maximum Gasteiger partial charge on any atom is 0.339 e. The van der Waals surface area contributed by atoms with Gasteiger partial charge in [-0.25, -0.2) is 9.78 Å². The summed E-state index contributed by atoms with van der Waals surface area (Å²) in [7, 11) is 0. The van der Waals surface area contributed by atoms with Gasteiger partial charge in [0.25, 0.3) is 0 Å². The Labute approximate surface area is 126 Å². The van der Waals surface area contributed by atoms with Gasteiger partial charge in [-0.2, -0.15) is 0 Å². The average molecular weight is 288 g/mol. The van der Waals surface area contributed by atoms with Gasteiger partial charge in [0.15, 0.2) is 0 Å². The molecule has 1 saturated carbocycles. The van der Waals surface area contributed by atoms with Crippen molar-refractivity contribution in [2.45, 2.75) is 58.4 Å². The van der Waals surface area contributed by atoms with Crippen LogP contribution in [-0.2, 0) is 12.8 Å². The van der Waals surface area contributed by atoms with Gasteiger partial charge in [0.05, 0.1) is 0 Å². The molecule has 4 heteroatoms. The smallest absolute Gasteiger partial charge is 0.339 e. The summed E-state index contributed by atoms with van der Waals surface area (Å²) >= 11 is 0. The monoisotopic (exact) mass is 288 g/mol. The van der Waals surface area contributed by atoms with Crippen LogP contribution in [0.3, 0.4) is 0 Å². The van der Waals surface area contributed by atoms with Gasteiger partial charge in [0.2, 0.25) is 0 Å². The van der Waals surface area contributed by atoms with E-state index < -0.39 is 5.97 Å². The van der Waals surface area contributed by atoms with Crippen molar-refractivity contribution in [2.24, 2.45) is 11.8 Å². The van der Waals surface area contributed by atoms with Gasteiger partial charge in [-0.05, 0) is 62.0 Å². The first kappa shape index (κ1) is 14.4. The van der Waals surface area contributed by atoms with Crippen LogP contribution in [0.1, 0.15) is 61.1 Å². The van der Waals surface area contributed by atoms with Crippen LogP contribution >= 0.6 is 0 Å². The molecule has 3 rings (SSSR count). The number of pyridine rings is 1. The van der Waals surface area contributed by atoms with E-state index in [4.69, 9.17) is 0 Å². The standard InChI is InChI=1S/C17H24N2O2/c1-10-7-8-14(11(10)2)18-16-13(17(20)21)9-12-5-3-4-6-15(12)19-16/h9-11,14H,3-8H2,1-2H3,(H,18,19)(H,20,21). The molecule has 0 amide bonds. The van der Waals surface area contributed by atoms with Gasteiger partial charge in [-0.3, -0.25) is 0 Å². The van der Waals surface area contributed by atoms with Gasteiger partial charge < -0.3 is 10.4 Å². The number of hydrogen-bond acceptors (Lipinski definition) is 3. The Kier molecular flexibility index (Phi) is 3.87. The molecule has 0 aromatic carbocycles. The Hall–Kier alpha value is -1.58. The highest BCUT2D eigenvalue weighted by Crippen LogP contribution is 2.34. The number of carboxylic acids is 1. The minimum Gasteiger partial charge on any atom is -0.478 e. The van der Waals surface area contributed by atoms with Gasteiger partial charge in [0.1, 0.15) is 11.4 Å². The first-order chi connectivity index (χ1) is 10.1. The molecule has 0 saturated heterocycles. The van der Waals surface area contributed by atoms with Gasteiger partial charge >= 0.3 is 5.97 Å². The van der Waals surface area contributed by atoms with Crippen LogP contribution in [0.2, 0.25) is 0 Å². The predicted octanol–water partition coefficient (Wildman–Crippen LogP) is 3.51. The summed E-state index contributed by atoms with van der Waals surface area (Å²) in [6.07, 6.45) is 6.52. The molecule has 0 bridgehead atoms. The molecule has 21 heavy (non-hydrogen) atoms. The molecule has 0 spiro atoms. The molecular formula is C17H24N2O2. The number of nitrogens with zero attached hydrogens (tertiary/aromatic N) is 1. The number of nitrogens with one attached hydrogen (secondary N) is 1. The van der Waals surface area contributed by atoms with Crippen molar-refractivity contribution < 1.29 is 9.90 Å². The van der Waals surface area contributed by atoms with Crippen molar-refractivity contribution in [2.75, 3.05) is 5.32 Å². The topological polar surface area (TPSA) is 62.2 Å². The number of rotatable bonds is 3. The molecule has 1 heterocycles. The molecule has 3 atom stereocenters. The molecule has 2 aliphatic rings. The second-order valence-corrected chi connectivity index (χ2v) is 6.67. The Morgan fingerprint density at radius 2 is 2.05 bits per heavy atom. The van der Waals surface area contributed by atoms with Crippen LogP contribution in [0.15, 0.2) is 6.07 Å². The number of hydrogen-bond donors (Lipinski definition) is 2. The maximum absolute atomic E-state index is 11.5. The molecular weight excluding hydrogens is 264 g/mol. The van der Waals surface area contributed by atoms with Crippen molar-refractivity contribution >= 4 is 11.8 Å². The number of anilines is 1. The zero-order valence-electron chi connectivity index (χ0n) is 12.9. The molecule has 2 aliphatic carbocycles. The Morgan fingerprint density at radius 1 is 1.29 bits per heavy atom. The van der Waals surface area contributed by atoms with E-state index in [-0.39, 0.29) is 0 Å². The highest BCUT2D eigenvalue weighted by Gasteiger charge is 2.31. The lowest BCUT2D eigenvalue weighted by molar-refractivity contribution is 0.0697. The highest BCUT2D eigenvalue weighted by molar-refractivity contribution is 5.93. The van der Waals surface area contributed by atoms with E-state index in [1.165, 1.54) is 6.42 Å². The molecule has 1 aromatic heterocycles. The average Bonchev–Trinajstić information content (AvgIpc) is 2.78. The van der Waals surface area contributed by atoms with Crippen LogP contribution in [0, 0.1) is 11.8 Å². The number of carbonyl (C=O) groups is 1. The summed E-state index contributed by atoms with van der Waals surface area (Å²) in [5.41, 5.74) is 2.55. The largest absolute Gasteiger partial charge is 0.478 e. The molecule has 114 valence electrons. The van der Waals surface area contributed by atoms with E-state index >= 15 is 0 Å². The summed E-state index contributed by atoms with van der Waals surface area (Å²) in [4.78, 5) is 16.2. The summed E-state index contributed by atoms with van der Waals surface area (Å²) in [5.74, 6) is 0.948. The number of carboxylic acid groups (broad SMARTS) is 1. The normalized spacial score (nSPS) is 28.2. The lowest BCUT2D eigenvalue weighted by atomic mass is 9.94. The molecule has 1 fully saturated rings. The molecule has 4 nitrogen and oxygen atoms in total. The van der Waals surface area contributed by atoms with Crippen LogP contribution < -0.4 is 5.32 Å². The first-order valence-corrected chi connectivity index (χ1v) is 8.09. The third-order valence-electron chi connectivity index (χ3n) is 5.32. The molecule has 2 N–H and O–H groups in total. The number of aryl methyl sites for hydroxylation is 2. The van der Waals surface area contributed by atoms with E-state index in [1.807, 2.05) is 6.07 Å². The molecule has 3 unspecified atom stereocenters. The van der Waals surface area contributed by atoms with Crippen molar-refractivity contribution in [1.29, 1.82) is 0 Å². The Morgan fingerprint density at radius 3 is 2.71 bits per heavy atom. The summed E-state index contributed by atoms with van der Waals surface area (Å²) in [6, 6.07) is 2.18. The molecule has 0 radical (unpaired) electrons. The second kappa shape index (κ2) is 5.66. The lowest BCUT2D eigenvalue weighted by Gasteiger charge is -2.23. The SMILES string of the molecule is CC1CCC(Nc2nc3c(cc2C(=O)O)CCCC3)C1C. The van der Waals surface area contributed by atoms with Crippen molar-refractivity contribution in [3.05, 3.63) is 22.9 Å². The predicted molar refractivity (Wildman–Crippen MR) is 82.8 cm³/mol. The van der Waals surface area contributed by atoms with E-state index in [2.05, 4.69) is 24.1 Å². The van der Waals surface area contributed by atoms with Crippen LogP contribution in [0.5, 0.6) is 0 Å². The Balaban J connectivity index is 1.91. The van der Waals surface area contributed by atoms with Gasteiger partial charge in [-0.15, -0.1) is 0 Å². The number of aromatic nitrogens is 1. The zero-order chi connectivity index (χ0) is 15.0. The second-order valence-electron chi connectivity index (χ2n) is 6.67. The van der Waals surface area contributed by atoms with Gasteiger partial charge in [-0.1, -0.05) is 13.8 Å². The van der Waals surface area contributed by atoms with Crippen LogP contribution in [0.25, 0.3) is 0 Å². The summed E-state index contributed by atoms with van der Waals surface area (Å²) in [6.45, 7) is 4.51. The third-order valence-corrected chi connectivity index (χ3v) is 5.32. The molecule has 0 aliphatic heterocycles. The fourth-order valence-corrected chi connectivity index (χ4v) is 3.65. The minimum atomic E-state index is -0.878. The zero-order valence-corrected chi connectivity index (χ0v) is 12.9. The van der Waals surface area contributed by atoms with E-state index in [0.717, 1.165) is 43.4 Å². The minimum absolute atomic E-state index is 0.336. The van der Waals surface area contributed by atoms with Crippen molar-refractivity contribution in [1.82, 2.24) is 4.98 Å². The van der Waals surface area contributed by atoms with E-state index in [1.54, 1.807) is 0 Å². The Bertz CT molecular complexity index is 556. The summed E-state index contributed by atoms with van der Waals surface area (Å²) in [5, 5.41) is 12.9. The third kappa shape index (κ3) is 2.76.